The smallest absolute Gasteiger partial charge is 0.231 e. The zero-order valence-corrected chi connectivity index (χ0v) is 8.61. The van der Waals surface area contributed by atoms with Crippen LogP contribution in [0.4, 0.5) is 0 Å². The third kappa shape index (κ3) is 1.38. The lowest BCUT2D eigenvalue weighted by Crippen LogP contribution is -2.27. The molecule has 1 heterocycles. The minimum absolute atomic E-state index is 0.107. The summed E-state index contributed by atoms with van der Waals surface area (Å²) in [6.07, 6.45) is 3.79. The van der Waals surface area contributed by atoms with Gasteiger partial charge in [0, 0.05) is 11.6 Å². The van der Waals surface area contributed by atoms with E-state index in [9.17, 15) is 0 Å². The average Bonchev–Trinajstić information content (AvgIpc) is 2.61. The van der Waals surface area contributed by atoms with Crippen LogP contribution in [0.15, 0.2) is 18.2 Å². The van der Waals surface area contributed by atoms with Crippen LogP contribution >= 0.6 is 0 Å². The van der Waals surface area contributed by atoms with E-state index in [1.807, 2.05) is 12.1 Å². The second kappa shape index (κ2) is 3.42. The second-order valence-corrected chi connectivity index (χ2v) is 4.30. The van der Waals surface area contributed by atoms with Gasteiger partial charge in [0.05, 0.1) is 0 Å². The lowest BCUT2D eigenvalue weighted by Gasteiger charge is -2.31. The summed E-state index contributed by atoms with van der Waals surface area (Å²) < 4.78 is 10.8. The Morgan fingerprint density at radius 3 is 2.87 bits per heavy atom. The zero-order chi connectivity index (χ0) is 10.3. The Hall–Kier alpha value is -1.22. The Balaban J connectivity index is 1.93. The molecule has 3 heteroatoms. The molecule has 1 aliphatic carbocycles. The summed E-state index contributed by atoms with van der Waals surface area (Å²) >= 11 is 0. The molecule has 1 saturated carbocycles. The zero-order valence-electron chi connectivity index (χ0n) is 8.61. The van der Waals surface area contributed by atoms with E-state index in [0.29, 0.717) is 12.7 Å². The molecule has 2 N–H and O–H groups in total. The molecule has 2 aliphatic rings. The monoisotopic (exact) mass is 205 g/mol. The molecule has 0 saturated heterocycles. The van der Waals surface area contributed by atoms with Gasteiger partial charge in [-0.3, -0.25) is 0 Å². The molecule has 1 aliphatic heterocycles. The van der Waals surface area contributed by atoms with Crippen LogP contribution < -0.4 is 15.2 Å². The van der Waals surface area contributed by atoms with Crippen molar-refractivity contribution in [2.45, 2.75) is 25.3 Å². The van der Waals surface area contributed by atoms with Gasteiger partial charge in [-0.2, -0.15) is 0 Å². The molecule has 3 rings (SSSR count). The molecule has 1 fully saturated rings. The Labute approximate surface area is 89.2 Å². The Kier molecular flexibility index (Phi) is 2.06. The quantitative estimate of drug-likeness (QED) is 0.805. The summed E-state index contributed by atoms with van der Waals surface area (Å²) in [6.45, 7) is 0.323. The largest absolute Gasteiger partial charge is 0.454 e. The molecule has 0 bridgehead atoms. The predicted octanol–water partition coefficient (Wildman–Crippen LogP) is 2.22. The molecule has 15 heavy (non-hydrogen) atoms. The van der Waals surface area contributed by atoms with E-state index < -0.39 is 0 Å². The van der Waals surface area contributed by atoms with E-state index in [-0.39, 0.29) is 6.04 Å². The molecule has 0 radical (unpaired) electrons. The minimum atomic E-state index is 0.107. The summed E-state index contributed by atoms with van der Waals surface area (Å²) in [6, 6.07) is 6.08. The minimum Gasteiger partial charge on any atom is -0.454 e. The SMILES string of the molecule is NC(c1cccc2c1OCO2)C1CCC1. The van der Waals surface area contributed by atoms with Crippen molar-refractivity contribution in [3.05, 3.63) is 23.8 Å². The molecule has 1 atom stereocenters. The summed E-state index contributed by atoms with van der Waals surface area (Å²) in [5.41, 5.74) is 7.34. The number of para-hydroxylation sites is 1. The van der Waals surface area contributed by atoms with Gasteiger partial charge in [-0.1, -0.05) is 18.6 Å². The number of ether oxygens (including phenoxy) is 2. The highest BCUT2D eigenvalue weighted by Gasteiger charge is 2.29. The molecule has 1 aromatic carbocycles. The van der Waals surface area contributed by atoms with Crippen molar-refractivity contribution in [3.8, 4) is 11.5 Å². The maximum Gasteiger partial charge on any atom is 0.231 e. The van der Waals surface area contributed by atoms with Crippen molar-refractivity contribution >= 4 is 0 Å². The van der Waals surface area contributed by atoms with Gasteiger partial charge >= 0.3 is 0 Å². The summed E-state index contributed by atoms with van der Waals surface area (Å²) in [7, 11) is 0. The van der Waals surface area contributed by atoms with Crippen molar-refractivity contribution in [3.63, 3.8) is 0 Å². The van der Waals surface area contributed by atoms with Gasteiger partial charge in [-0.15, -0.1) is 0 Å². The number of benzene rings is 1. The van der Waals surface area contributed by atoms with Crippen molar-refractivity contribution in [1.29, 1.82) is 0 Å². The average molecular weight is 205 g/mol. The van der Waals surface area contributed by atoms with Crippen molar-refractivity contribution in [1.82, 2.24) is 0 Å². The maximum absolute atomic E-state index is 6.24. The van der Waals surface area contributed by atoms with Gasteiger partial charge in [-0.05, 0) is 24.8 Å². The molecule has 0 amide bonds. The number of hydrogen-bond acceptors (Lipinski definition) is 3. The highest BCUT2D eigenvalue weighted by atomic mass is 16.7. The fraction of sp³-hybridized carbons (Fsp3) is 0.500. The summed E-state index contributed by atoms with van der Waals surface area (Å²) in [5, 5.41) is 0. The van der Waals surface area contributed by atoms with E-state index in [0.717, 1.165) is 17.1 Å². The first-order chi connectivity index (χ1) is 7.36. The van der Waals surface area contributed by atoms with Gasteiger partial charge in [0.2, 0.25) is 6.79 Å². The molecule has 1 unspecified atom stereocenters. The molecule has 0 spiro atoms. The van der Waals surface area contributed by atoms with Crippen LogP contribution in [0.1, 0.15) is 30.9 Å². The number of rotatable bonds is 2. The lowest BCUT2D eigenvalue weighted by atomic mass is 9.77. The van der Waals surface area contributed by atoms with Crippen molar-refractivity contribution in [2.75, 3.05) is 6.79 Å². The van der Waals surface area contributed by atoms with Crippen LogP contribution in [-0.2, 0) is 0 Å². The van der Waals surface area contributed by atoms with E-state index in [1.165, 1.54) is 19.3 Å². The Morgan fingerprint density at radius 2 is 2.13 bits per heavy atom. The van der Waals surface area contributed by atoms with Gasteiger partial charge in [0.25, 0.3) is 0 Å². The summed E-state index contributed by atoms with van der Waals surface area (Å²) in [5.74, 6) is 2.32. The highest BCUT2D eigenvalue weighted by molar-refractivity contribution is 5.49. The first-order valence-corrected chi connectivity index (χ1v) is 5.50. The van der Waals surface area contributed by atoms with Crippen LogP contribution in [-0.4, -0.2) is 6.79 Å². The Bertz CT molecular complexity index is 374. The first kappa shape index (κ1) is 9.04. The van der Waals surface area contributed by atoms with Crippen LogP contribution in [0.25, 0.3) is 0 Å². The molecule has 0 aromatic heterocycles. The van der Waals surface area contributed by atoms with Crippen LogP contribution in [0.3, 0.4) is 0 Å². The van der Waals surface area contributed by atoms with Gasteiger partial charge < -0.3 is 15.2 Å². The third-order valence-corrected chi connectivity index (χ3v) is 3.44. The maximum atomic E-state index is 6.24. The molecule has 3 nitrogen and oxygen atoms in total. The molecular formula is C12H15NO2. The fourth-order valence-electron chi connectivity index (χ4n) is 2.27. The van der Waals surface area contributed by atoms with Crippen molar-refractivity contribution in [2.24, 2.45) is 11.7 Å². The Morgan fingerprint density at radius 1 is 1.27 bits per heavy atom. The number of hydrogen-bond donors (Lipinski definition) is 1. The number of nitrogens with two attached hydrogens (primary N) is 1. The standard InChI is InChI=1S/C12H15NO2/c13-11(8-3-1-4-8)9-5-2-6-10-12(9)15-7-14-10/h2,5-6,8,11H,1,3-4,7,13H2. The molecule has 1 aromatic rings. The fourth-order valence-corrected chi connectivity index (χ4v) is 2.27. The lowest BCUT2D eigenvalue weighted by molar-refractivity contribution is 0.171. The third-order valence-electron chi connectivity index (χ3n) is 3.44. The van der Waals surface area contributed by atoms with Crippen LogP contribution in [0, 0.1) is 5.92 Å². The van der Waals surface area contributed by atoms with E-state index in [4.69, 9.17) is 15.2 Å². The highest BCUT2D eigenvalue weighted by Crippen LogP contribution is 2.43. The topological polar surface area (TPSA) is 44.5 Å². The van der Waals surface area contributed by atoms with Crippen molar-refractivity contribution < 1.29 is 9.47 Å². The molecule has 80 valence electrons. The van der Waals surface area contributed by atoms with Crippen LogP contribution in [0.2, 0.25) is 0 Å². The molecular weight excluding hydrogens is 190 g/mol. The van der Waals surface area contributed by atoms with Gasteiger partial charge in [0.15, 0.2) is 11.5 Å². The predicted molar refractivity (Wildman–Crippen MR) is 56.8 cm³/mol. The van der Waals surface area contributed by atoms with Gasteiger partial charge in [0.1, 0.15) is 0 Å². The van der Waals surface area contributed by atoms with Crippen LogP contribution in [0.5, 0.6) is 11.5 Å². The van der Waals surface area contributed by atoms with E-state index in [1.54, 1.807) is 0 Å². The normalized spacial score (nSPS) is 21.1. The summed E-state index contributed by atoms with van der Waals surface area (Å²) in [4.78, 5) is 0. The first-order valence-electron chi connectivity index (χ1n) is 5.50. The van der Waals surface area contributed by atoms with Gasteiger partial charge in [-0.25, -0.2) is 0 Å². The number of fused-ring (bicyclic) bond motifs is 1. The van der Waals surface area contributed by atoms with E-state index >= 15 is 0 Å². The second-order valence-electron chi connectivity index (χ2n) is 4.30. The van der Waals surface area contributed by atoms with E-state index in [2.05, 4.69) is 6.07 Å².